The van der Waals surface area contributed by atoms with Gasteiger partial charge in [0.1, 0.15) is 5.78 Å². The van der Waals surface area contributed by atoms with Crippen molar-refractivity contribution in [2.45, 2.75) is 38.2 Å². The van der Waals surface area contributed by atoms with Crippen LogP contribution in [0.2, 0.25) is 0 Å². The maximum atomic E-state index is 11.0. The molecule has 0 aromatic carbocycles. The summed E-state index contributed by atoms with van der Waals surface area (Å²) in [5, 5.41) is 7.65. The number of esters is 1. The van der Waals surface area contributed by atoms with Crippen molar-refractivity contribution in [2.75, 3.05) is 6.61 Å². The van der Waals surface area contributed by atoms with Crippen LogP contribution >= 0.6 is 11.6 Å². The first-order valence-electron chi connectivity index (χ1n) is 4.50. The standard InChI is InChI=1S/C9H15ClO4/c1-3-7(11)5-9(10,13)6-8(12)14-4-2/h13H,3-6H2,1-2H3. The second-order valence-electron chi connectivity index (χ2n) is 2.97. The first-order chi connectivity index (χ1) is 6.41. The Morgan fingerprint density at radius 1 is 1.36 bits per heavy atom. The maximum Gasteiger partial charge on any atom is 0.310 e. The lowest BCUT2D eigenvalue weighted by atomic mass is 10.1. The molecule has 0 aromatic heterocycles. The van der Waals surface area contributed by atoms with Crippen molar-refractivity contribution in [3.63, 3.8) is 0 Å². The topological polar surface area (TPSA) is 63.6 Å². The largest absolute Gasteiger partial charge is 0.466 e. The van der Waals surface area contributed by atoms with Crippen LogP contribution in [0.5, 0.6) is 0 Å². The molecular formula is C9H15ClO4. The van der Waals surface area contributed by atoms with Crippen molar-refractivity contribution in [1.82, 2.24) is 0 Å². The third-order valence-electron chi connectivity index (χ3n) is 1.58. The van der Waals surface area contributed by atoms with Crippen molar-refractivity contribution in [3.05, 3.63) is 0 Å². The zero-order valence-corrected chi connectivity index (χ0v) is 9.13. The minimum atomic E-state index is -1.81. The molecule has 1 unspecified atom stereocenters. The zero-order chi connectivity index (χ0) is 11.2. The molecular weight excluding hydrogens is 208 g/mol. The van der Waals surface area contributed by atoms with Crippen molar-refractivity contribution >= 4 is 23.4 Å². The number of Topliss-reactive ketones (excluding diaryl/α,β-unsaturated/α-hetero) is 1. The molecule has 14 heavy (non-hydrogen) atoms. The molecule has 0 aromatic rings. The van der Waals surface area contributed by atoms with Gasteiger partial charge in [-0.25, -0.2) is 0 Å². The Morgan fingerprint density at radius 3 is 2.36 bits per heavy atom. The third kappa shape index (κ3) is 5.94. The Hall–Kier alpha value is -0.610. The van der Waals surface area contributed by atoms with Crippen molar-refractivity contribution in [3.8, 4) is 0 Å². The fourth-order valence-corrected chi connectivity index (χ4v) is 1.18. The number of ketones is 1. The summed E-state index contributed by atoms with van der Waals surface area (Å²) in [6.07, 6.45) is -0.310. The summed E-state index contributed by atoms with van der Waals surface area (Å²) in [5.74, 6) is -0.791. The van der Waals surface area contributed by atoms with Crippen LogP contribution < -0.4 is 0 Å². The molecule has 0 saturated heterocycles. The Morgan fingerprint density at radius 2 is 1.93 bits per heavy atom. The van der Waals surface area contributed by atoms with E-state index in [0.717, 1.165) is 0 Å². The molecule has 0 amide bonds. The Balaban J connectivity index is 4.05. The number of hydrogen-bond donors (Lipinski definition) is 1. The summed E-state index contributed by atoms with van der Waals surface area (Å²) >= 11 is 5.57. The minimum absolute atomic E-state index is 0.188. The second kappa shape index (κ2) is 5.98. The molecule has 0 radical (unpaired) electrons. The molecule has 0 aliphatic carbocycles. The van der Waals surface area contributed by atoms with E-state index in [1.54, 1.807) is 13.8 Å². The predicted octanol–water partition coefficient (Wildman–Crippen LogP) is 1.24. The summed E-state index contributed by atoms with van der Waals surface area (Å²) in [6.45, 7) is 3.55. The molecule has 0 fully saturated rings. The Labute approximate surface area is 88.2 Å². The average molecular weight is 223 g/mol. The number of rotatable bonds is 6. The molecule has 0 saturated carbocycles. The number of alkyl halides is 1. The lowest BCUT2D eigenvalue weighted by Crippen LogP contribution is -2.29. The summed E-state index contributed by atoms with van der Waals surface area (Å²) < 4.78 is 4.60. The van der Waals surface area contributed by atoms with Gasteiger partial charge in [-0.1, -0.05) is 18.5 Å². The van der Waals surface area contributed by atoms with Crippen molar-refractivity contribution in [1.29, 1.82) is 0 Å². The van der Waals surface area contributed by atoms with E-state index in [1.165, 1.54) is 0 Å². The van der Waals surface area contributed by atoms with Crippen molar-refractivity contribution in [2.24, 2.45) is 0 Å². The summed E-state index contributed by atoms with van der Waals surface area (Å²) in [5.41, 5.74) is 0. The normalized spacial score (nSPS) is 14.6. The highest BCUT2D eigenvalue weighted by Gasteiger charge is 2.30. The van der Waals surface area contributed by atoms with Gasteiger partial charge in [0, 0.05) is 12.8 Å². The van der Waals surface area contributed by atoms with Crippen LogP contribution in [0.1, 0.15) is 33.1 Å². The monoisotopic (exact) mass is 222 g/mol. The van der Waals surface area contributed by atoms with Crippen LogP contribution in [0.3, 0.4) is 0 Å². The molecule has 0 heterocycles. The molecule has 0 bridgehead atoms. The van der Waals surface area contributed by atoms with E-state index in [0.29, 0.717) is 0 Å². The van der Waals surface area contributed by atoms with E-state index in [1.807, 2.05) is 0 Å². The molecule has 1 atom stereocenters. The van der Waals surface area contributed by atoms with Gasteiger partial charge in [0.25, 0.3) is 0 Å². The van der Waals surface area contributed by atoms with Gasteiger partial charge in [0.05, 0.1) is 13.0 Å². The molecule has 1 N–H and O–H groups in total. The average Bonchev–Trinajstić information content (AvgIpc) is 2.02. The first kappa shape index (κ1) is 13.4. The predicted molar refractivity (Wildman–Crippen MR) is 52.0 cm³/mol. The number of hydrogen-bond acceptors (Lipinski definition) is 4. The highest BCUT2D eigenvalue weighted by molar-refractivity contribution is 6.24. The van der Waals surface area contributed by atoms with Gasteiger partial charge in [0.2, 0.25) is 0 Å². The summed E-state index contributed by atoms with van der Waals surface area (Å²) in [6, 6.07) is 0. The second-order valence-corrected chi connectivity index (χ2v) is 3.67. The Bertz CT molecular complexity index is 213. The van der Waals surface area contributed by atoms with Gasteiger partial charge in [-0.3, -0.25) is 9.59 Å². The Kier molecular flexibility index (Phi) is 5.72. The number of ether oxygens (including phenoxy) is 1. The number of carbonyl (C=O) groups excluding carboxylic acids is 2. The maximum absolute atomic E-state index is 11.0. The van der Waals surface area contributed by atoms with E-state index >= 15 is 0 Å². The van der Waals surface area contributed by atoms with Gasteiger partial charge < -0.3 is 9.84 Å². The zero-order valence-electron chi connectivity index (χ0n) is 8.38. The van der Waals surface area contributed by atoms with Gasteiger partial charge >= 0.3 is 5.97 Å². The lowest BCUT2D eigenvalue weighted by molar-refractivity contribution is -0.146. The smallest absolute Gasteiger partial charge is 0.310 e. The van der Waals surface area contributed by atoms with Gasteiger partial charge in [-0.15, -0.1) is 0 Å². The van der Waals surface area contributed by atoms with E-state index < -0.39 is 11.0 Å². The molecule has 0 aliphatic heterocycles. The van der Waals surface area contributed by atoms with Crippen LogP contribution in [0.15, 0.2) is 0 Å². The lowest BCUT2D eigenvalue weighted by Gasteiger charge is -2.18. The minimum Gasteiger partial charge on any atom is -0.466 e. The van der Waals surface area contributed by atoms with E-state index in [9.17, 15) is 14.7 Å². The highest BCUT2D eigenvalue weighted by atomic mass is 35.5. The summed E-state index contributed by atoms with van der Waals surface area (Å²) in [7, 11) is 0. The first-order valence-corrected chi connectivity index (χ1v) is 4.87. The number of carbonyl (C=O) groups is 2. The fourth-order valence-electron chi connectivity index (χ4n) is 0.923. The summed E-state index contributed by atoms with van der Waals surface area (Å²) in [4.78, 5) is 21.9. The van der Waals surface area contributed by atoms with E-state index in [-0.39, 0.29) is 31.7 Å². The SMILES string of the molecule is CCOC(=O)CC(O)(Cl)CC(=O)CC. The van der Waals surface area contributed by atoms with E-state index in [4.69, 9.17) is 11.6 Å². The fraction of sp³-hybridized carbons (Fsp3) is 0.778. The molecule has 0 aliphatic rings. The van der Waals surface area contributed by atoms with Crippen molar-refractivity contribution < 1.29 is 19.4 Å². The van der Waals surface area contributed by atoms with Gasteiger partial charge in [-0.2, -0.15) is 0 Å². The van der Waals surface area contributed by atoms with E-state index in [2.05, 4.69) is 4.74 Å². The van der Waals surface area contributed by atoms with Gasteiger partial charge in [-0.05, 0) is 6.92 Å². The molecule has 4 nitrogen and oxygen atoms in total. The highest BCUT2D eigenvalue weighted by Crippen LogP contribution is 2.22. The van der Waals surface area contributed by atoms with Crippen LogP contribution in [-0.4, -0.2) is 28.5 Å². The molecule has 82 valence electrons. The van der Waals surface area contributed by atoms with Crippen LogP contribution in [0.25, 0.3) is 0 Å². The molecule has 0 rings (SSSR count). The van der Waals surface area contributed by atoms with Gasteiger partial charge in [0.15, 0.2) is 5.06 Å². The third-order valence-corrected chi connectivity index (χ3v) is 1.85. The van der Waals surface area contributed by atoms with Crippen LogP contribution in [0.4, 0.5) is 0 Å². The number of aliphatic hydroxyl groups is 1. The molecule has 0 spiro atoms. The van der Waals surface area contributed by atoms with Crippen LogP contribution in [0, 0.1) is 0 Å². The molecule has 5 heteroatoms. The quantitative estimate of drug-likeness (QED) is 0.543. The number of halogens is 1. The van der Waals surface area contributed by atoms with Crippen LogP contribution in [-0.2, 0) is 14.3 Å².